The fourth-order valence-corrected chi connectivity index (χ4v) is 3.80. The standard InChI is InChI=1S/3C11H22NO.Y/c3*1-2-3-5-8-11(13)9-6-4-7-10-12;/h3*1-10,12H2;/q3*-1;+3. The Morgan fingerprint density at radius 2 is 0.550 bits per heavy atom. The van der Waals surface area contributed by atoms with E-state index in [-0.39, 0.29) is 32.7 Å². The second-order valence-corrected chi connectivity index (χ2v) is 10.3. The summed E-state index contributed by atoms with van der Waals surface area (Å²) in [7, 11) is 0. The SMILES string of the molecule is [CH2-]CCCCC(=O)CCCCCN.[CH2-]CCCCC(=O)CCCCCN.[CH2-]CCCCC(=O)CCCCCN.[Y+3]. The molecule has 234 valence electrons. The van der Waals surface area contributed by atoms with Crippen LogP contribution in [-0.2, 0) is 47.1 Å². The number of unbranched alkanes of at least 4 members (excludes halogenated alkanes) is 12. The zero-order valence-electron chi connectivity index (χ0n) is 26.2. The van der Waals surface area contributed by atoms with Crippen LogP contribution in [0.3, 0.4) is 0 Å². The summed E-state index contributed by atoms with van der Waals surface area (Å²) in [5.74, 6) is 1.22. The summed E-state index contributed by atoms with van der Waals surface area (Å²) in [6.45, 7) is 13.5. The maximum absolute atomic E-state index is 11.2. The Kier molecular flexibility index (Phi) is 51.0. The Balaban J connectivity index is -0.000000240. The van der Waals surface area contributed by atoms with Crippen LogP contribution >= 0.6 is 0 Å². The van der Waals surface area contributed by atoms with E-state index < -0.39 is 0 Å². The number of carbonyl (C=O) groups excluding carboxylic acids is 3. The second kappa shape index (κ2) is 43.4. The fourth-order valence-electron chi connectivity index (χ4n) is 3.80. The molecule has 0 heterocycles. The van der Waals surface area contributed by atoms with Gasteiger partial charge in [-0.25, -0.2) is 0 Å². The van der Waals surface area contributed by atoms with Gasteiger partial charge in [0.2, 0.25) is 0 Å². The average molecular weight is 642 g/mol. The third kappa shape index (κ3) is 47.8. The molecule has 0 unspecified atom stereocenters. The van der Waals surface area contributed by atoms with Crippen LogP contribution in [0.15, 0.2) is 0 Å². The summed E-state index contributed by atoms with van der Waals surface area (Å²) >= 11 is 0. The molecule has 6 nitrogen and oxygen atoms in total. The molecule has 0 aliphatic rings. The van der Waals surface area contributed by atoms with E-state index >= 15 is 0 Å². The van der Waals surface area contributed by atoms with Crippen molar-refractivity contribution in [1.82, 2.24) is 0 Å². The van der Waals surface area contributed by atoms with Crippen LogP contribution in [0, 0.1) is 20.8 Å². The molecule has 0 rings (SSSR count). The number of nitrogens with two attached hydrogens (primary N) is 3. The molecule has 0 aliphatic carbocycles. The Morgan fingerprint density at radius 1 is 0.350 bits per heavy atom. The van der Waals surface area contributed by atoms with Crippen LogP contribution in [0.1, 0.15) is 154 Å². The van der Waals surface area contributed by atoms with Gasteiger partial charge in [-0.15, -0.1) is 0 Å². The van der Waals surface area contributed by atoms with Gasteiger partial charge in [0.1, 0.15) is 17.3 Å². The van der Waals surface area contributed by atoms with Gasteiger partial charge in [0, 0.05) is 38.5 Å². The van der Waals surface area contributed by atoms with E-state index in [2.05, 4.69) is 20.8 Å². The van der Waals surface area contributed by atoms with Crippen molar-refractivity contribution in [3.63, 3.8) is 0 Å². The normalized spacial score (nSPS) is 10.1. The minimum Gasteiger partial charge on any atom is -0.343 e. The van der Waals surface area contributed by atoms with Crippen molar-refractivity contribution in [1.29, 1.82) is 0 Å². The van der Waals surface area contributed by atoms with Crippen molar-refractivity contribution in [2.24, 2.45) is 17.2 Å². The molecule has 6 N–H and O–H groups in total. The Bertz CT molecular complexity index is 448. The summed E-state index contributed by atoms with van der Waals surface area (Å²) in [6, 6.07) is 0. The zero-order valence-corrected chi connectivity index (χ0v) is 29.1. The van der Waals surface area contributed by atoms with Gasteiger partial charge in [-0.1, -0.05) is 38.5 Å². The predicted octanol–water partition coefficient (Wildman–Crippen LogP) is 7.40. The van der Waals surface area contributed by atoms with Gasteiger partial charge in [0.25, 0.3) is 0 Å². The molecule has 0 aromatic carbocycles. The van der Waals surface area contributed by atoms with Crippen molar-refractivity contribution in [3.8, 4) is 0 Å². The molecule has 0 amide bonds. The van der Waals surface area contributed by atoms with Gasteiger partial charge in [0.15, 0.2) is 0 Å². The molecule has 0 aromatic heterocycles. The van der Waals surface area contributed by atoms with Gasteiger partial charge in [-0.05, 0) is 77.4 Å². The van der Waals surface area contributed by atoms with Crippen LogP contribution < -0.4 is 17.2 Å². The number of ketones is 3. The average Bonchev–Trinajstić information content (AvgIpc) is 2.93. The van der Waals surface area contributed by atoms with Crippen molar-refractivity contribution < 1.29 is 47.1 Å². The van der Waals surface area contributed by atoms with Crippen LogP contribution in [0.4, 0.5) is 0 Å². The molecule has 0 radical (unpaired) electrons. The molecular weight excluding hydrogens is 575 g/mol. The first-order chi connectivity index (χ1) is 18.9. The third-order valence-electron chi connectivity index (χ3n) is 6.35. The monoisotopic (exact) mass is 641 g/mol. The fraction of sp³-hybridized carbons (Fsp3) is 0.818. The summed E-state index contributed by atoms with van der Waals surface area (Å²) in [6.07, 6.45) is 23.1. The van der Waals surface area contributed by atoms with Gasteiger partial charge in [-0.3, -0.25) is 14.4 Å². The van der Waals surface area contributed by atoms with Crippen molar-refractivity contribution in [2.75, 3.05) is 19.6 Å². The van der Waals surface area contributed by atoms with E-state index in [0.717, 1.165) is 174 Å². The molecule has 40 heavy (non-hydrogen) atoms. The van der Waals surface area contributed by atoms with Crippen LogP contribution in [0.2, 0.25) is 0 Å². The summed E-state index contributed by atoms with van der Waals surface area (Å²) < 4.78 is 0. The largest absolute Gasteiger partial charge is 3.00 e. The summed E-state index contributed by atoms with van der Waals surface area (Å²) in [5.41, 5.74) is 16.1. The molecule has 0 fully saturated rings. The molecule has 0 aliphatic heterocycles. The number of Topliss-reactive ketones (excluding diaryl/α,β-unsaturated/α-hetero) is 3. The van der Waals surface area contributed by atoms with Crippen LogP contribution in [0.5, 0.6) is 0 Å². The van der Waals surface area contributed by atoms with E-state index in [9.17, 15) is 14.4 Å². The second-order valence-electron chi connectivity index (χ2n) is 10.3. The Morgan fingerprint density at radius 3 is 0.725 bits per heavy atom. The molecular formula is C33H66N3O3Y. The molecule has 0 spiro atoms. The maximum Gasteiger partial charge on any atom is 3.00 e. The number of hydrogen-bond donors (Lipinski definition) is 3. The van der Waals surface area contributed by atoms with Gasteiger partial charge >= 0.3 is 32.7 Å². The van der Waals surface area contributed by atoms with Gasteiger partial charge < -0.3 is 38.0 Å². The predicted molar refractivity (Wildman–Crippen MR) is 169 cm³/mol. The first-order valence-corrected chi connectivity index (χ1v) is 16.0. The third-order valence-corrected chi connectivity index (χ3v) is 6.35. The number of rotatable bonds is 27. The van der Waals surface area contributed by atoms with E-state index in [1.165, 1.54) is 0 Å². The van der Waals surface area contributed by atoms with Crippen LogP contribution in [-0.4, -0.2) is 37.0 Å². The number of carbonyl (C=O) groups is 3. The first-order valence-electron chi connectivity index (χ1n) is 16.0. The minimum absolute atomic E-state index is 0. The van der Waals surface area contributed by atoms with E-state index in [0.29, 0.717) is 17.3 Å². The van der Waals surface area contributed by atoms with E-state index in [4.69, 9.17) is 17.2 Å². The molecule has 0 aromatic rings. The Labute approximate surface area is 274 Å². The van der Waals surface area contributed by atoms with Crippen LogP contribution in [0.25, 0.3) is 0 Å². The minimum atomic E-state index is 0. The van der Waals surface area contributed by atoms with E-state index in [1.807, 2.05) is 0 Å². The van der Waals surface area contributed by atoms with E-state index in [1.54, 1.807) is 0 Å². The van der Waals surface area contributed by atoms with Crippen molar-refractivity contribution >= 4 is 17.3 Å². The molecule has 7 heteroatoms. The van der Waals surface area contributed by atoms with Crippen molar-refractivity contribution in [2.45, 2.75) is 154 Å². The summed E-state index contributed by atoms with van der Waals surface area (Å²) in [4.78, 5) is 33.7. The zero-order chi connectivity index (χ0) is 29.8. The van der Waals surface area contributed by atoms with Gasteiger partial charge in [0.05, 0.1) is 0 Å². The maximum atomic E-state index is 11.2. The van der Waals surface area contributed by atoms with Gasteiger partial charge in [-0.2, -0.15) is 19.3 Å². The quantitative estimate of drug-likeness (QED) is 0.0633. The first kappa shape index (κ1) is 46.9. The summed E-state index contributed by atoms with van der Waals surface area (Å²) in [5, 5.41) is 0. The Hall–Kier alpha value is -0.00610. The molecule has 0 atom stereocenters. The number of hydrogen-bond acceptors (Lipinski definition) is 6. The van der Waals surface area contributed by atoms with Crippen molar-refractivity contribution in [3.05, 3.63) is 20.8 Å². The topological polar surface area (TPSA) is 129 Å². The molecule has 0 bridgehead atoms. The smallest absolute Gasteiger partial charge is 0.343 e. The molecule has 0 saturated heterocycles. The molecule has 0 saturated carbocycles.